The molecule has 3 aromatic rings. The van der Waals surface area contributed by atoms with Gasteiger partial charge < -0.3 is 18.9 Å². The molecule has 1 fully saturated rings. The minimum Gasteiger partial charge on any atom is -0.489 e. The number of carbonyl (C=O) groups is 1. The maximum absolute atomic E-state index is 11.8. The van der Waals surface area contributed by atoms with Crippen LogP contribution >= 0.6 is 0 Å². The SMILES string of the molecule is CC#C[C@@H](CC(=O)OC)c1ccc(OCc2ccc3c(c2)-c2c(C)cc(O[C@@H]4CCOC4)cc2CCC3)cc1. The molecule has 39 heavy (non-hydrogen) atoms. The second-order valence-corrected chi connectivity index (χ2v) is 10.3. The first kappa shape index (κ1) is 26.8. The summed E-state index contributed by atoms with van der Waals surface area (Å²) < 4.78 is 22.7. The van der Waals surface area contributed by atoms with Gasteiger partial charge in [-0.2, -0.15) is 0 Å². The molecule has 0 spiro atoms. The fraction of sp³-hybridized carbons (Fsp3) is 0.382. The maximum atomic E-state index is 11.8. The van der Waals surface area contributed by atoms with Gasteiger partial charge in [0.2, 0.25) is 0 Å². The van der Waals surface area contributed by atoms with E-state index in [4.69, 9.17) is 18.9 Å². The van der Waals surface area contributed by atoms with Gasteiger partial charge in [0.1, 0.15) is 24.2 Å². The summed E-state index contributed by atoms with van der Waals surface area (Å²) in [5.41, 5.74) is 8.73. The van der Waals surface area contributed by atoms with Crippen molar-refractivity contribution in [3.05, 3.63) is 82.4 Å². The lowest BCUT2D eigenvalue weighted by Crippen LogP contribution is -2.16. The molecule has 1 heterocycles. The highest BCUT2D eigenvalue weighted by molar-refractivity contribution is 5.76. The molecule has 0 saturated carbocycles. The molecule has 2 aliphatic rings. The monoisotopic (exact) mass is 524 g/mol. The summed E-state index contributed by atoms with van der Waals surface area (Å²) >= 11 is 0. The zero-order valence-corrected chi connectivity index (χ0v) is 23.0. The topological polar surface area (TPSA) is 54.0 Å². The second-order valence-electron chi connectivity index (χ2n) is 10.3. The van der Waals surface area contributed by atoms with Crippen molar-refractivity contribution < 1.29 is 23.7 Å². The Balaban J connectivity index is 1.32. The number of ether oxygens (including phenoxy) is 4. The highest BCUT2D eigenvalue weighted by Gasteiger charge is 2.21. The van der Waals surface area contributed by atoms with E-state index in [2.05, 4.69) is 49.1 Å². The van der Waals surface area contributed by atoms with Crippen molar-refractivity contribution in [2.45, 2.75) is 64.6 Å². The predicted molar refractivity (Wildman–Crippen MR) is 152 cm³/mol. The van der Waals surface area contributed by atoms with Gasteiger partial charge in [0.05, 0.1) is 32.7 Å². The number of hydrogen-bond acceptors (Lipinski definition) is 5. The van der Waals surface area contributed by atoms with Crippen molar-refractivity contribution >= 4 is 5.97 Å². The number of carbonyl (C=O) groups excluding carboxylic acids is 1. The number of benzene rings is 3. The van der Waals surface area contributed by atoms with Gasteiger partial charge in [-0.3, -0.25) is 4.79 Å². The summed E-state index contributed by atoms with van der Waals surface area (Å²) in [6.07, 6.45) is 4.56. The average Bonchev–Trinajstić information content (AvgIpc) is 3.38. The van der Waals surface area contributed by atoms with Gasteiger partial charge in [-0.05, 0) is 102 Å². The number of fused-ring (bicyclic) bond motifs is 3. The first-order chi connectivity index (χ1) is 19.0. The molecule has 202 valence electrons. The Kier molecular flexibility index (Phi) is 8.54. The van der Waals surface area contributed by atoms with Crippen LogP contribution in [0.3, 0.4) is 0 Å². The number of esters is 1. The Morgan fingerprint density at radius 2 is 1.87 bits per heavy atom. The molecule has 1 aliphatic carbocycles. The molecule has 3 aromatic carbocycles. The molecule has 5 rings (SSSR count). The Bertz CT molecular complexity index is 1370. The first-order valence-corrected chi connectivity index (χ1v) is 13.8. The predicted octanol–water partition coefficient (Wildman–Crippen LogP) is 6.57. The third-order valence-electron chi connectivity index (χ3n) is 7.52. The molecule has 0 amide bonds. The molecule has 0 aromatic heterocycles. The maximum Gasteiger partial charge on any atom is 0.307 e. The van der Waals surface area contributed by atoms with E-state index in [1.807, 2.05) is 24.3 Å². The van der Waals surface area contributed by atoms with E-state index >= 15 is 0 Å². The van der Waals surface area contributed by atoms with Gasteiger partial charge in [0.25, 0.3) is 0 Å². The molecule has 2 atom stereocenters. The van der Waals surface area contributed by atoms with Crippen LogP contribution in [0.25, 0.3) is 11.1 Å². The molecular weight excluding hydrogens is 488 g/mol. The minimum atomic E-state index is -0.268. The standard InChI is InChI=1S/C34H36O5/c1-4-6-27(20-33(35)36-3)25-11-13-29(14-12-25)38-21-24-9-10-26-7-5-8-28-19-31(39-30-15-16-37-22-30)17-23(2)34(28)32(26)18-24/h9-14,17-19,27,30H,5,7-8,15-16,20-22H2,1-3H3/t27-,30+/m0/s1. The molecule has 0 N–H and O–H groups in total. The zero-order valence-electron chi connectivity index (χ0n) is 23.0. The number of hydrogen-bond donors (Lipinski definition) is 0. The molecule has 0 bridgehead atoms. The van der Waals surface area contributed by atoms with Gasteiger partial charge in [-0.1, -0.05) is 30.2 Å². The largest absolute Gasteiger partial charge is 0.489 e. The average molecular weight is 525 g/mol. The first-order valence-electron chi connectivity index (χ1n) is 13.8. The Labute approximate surface area is 231 Å². The third-order valence-corrected chi connectivity index (χ3v) is 7.52. The van der Waals surface area contributed by atoms with E-state index in [9.17, 15) is 4.79 Å². The van der Waals surface area contributed by atoms with Crippen LogP contribution < -0.4 is 9.47 Å². The van der Waals surface area contributed by atoms with E-state index in [0.717, 1.165) is 54.9 Å². The third kappa shape index (κ3) is 6.46. The molecular formula is C34H36O5. The Hall–Kier alpha value is -3.75. The highest BCUT2D eigenvalue weighted by Crippen LogP contribution is 2.38. The van der Waals surface area contributed by atoms with Crippen molar-refractivity contribution in [2.75, 3.05) is 20.3 Å². The van der Waals surface area contributed by atoms with Gasteiger partial charge in [0.15, 0.2) is 0 Å². The van der Waals surface area contributed by atoms with Crippen molar-refractivity contribution in [1.29, 1.82) is 0 Å². The van der Waals surface area contributed by atoms with Crippen LogP contribution in [0.4, 0.5) is 0 Å². The quantitative estimate of drug-likeness (QED) is 0.247. The summed E-state index contributed by atoms with van der Waals surface area (Å²) in [5, 5.41) is 0. The summed E-state index contributed by atoms with van der Waals surface area (Å²) in [5.74, 6) is 7.29. The molecule has 5 heteroatoms. The smallest absolute Gasteiger partial charge is 0.307 e. The van der Waals surface area contributed by atoms with Gasteiger partial charge in [-0.25, -0.2) is 0 Å². The van der Waals surface area contributed by atoms with Crippen LogP contribution in [0.5, 0.6) is 11.5 Å². The van der Waals surface area contributed by atoms with Crippen molar-refractivity contribution in [3.8, 4) is 34.5 Å². The van der Waals surface area contributed by atoms with E-state index in [1.165, 1.54) is 34.9 Å². The molecule has 5 nitrogen and oxygen atoms in total. The number of aryl methyl sites for hydroxylation is 3. The minimum absolute atomic E-state index is 0.150. The lowest BCUT2D eigenvalue weighted by molar-refractivity contribution is -0.140. The zero-order chi connectivity index (χ0) is 27.2. The van der Waals surface area contributed by atoms with Gasteiger partial charge in [0, 0.05) is 6.42 Å². The van der Waals surface area contributed by atoms with Crippen LogP contribution in [0, 0.1) is 18.8 Å². The van der Waals surface area contributed by atoms with E-state index in [0.29, 0.717) is 13.2 Å². The fourth-order valence-corrected chi connectivity index (χ4v) is 5.55. The second kappa shape index (κ2) is 12.4. The van der Waals surface area contributed by atoms with Gasteiger partial charge >= 0.3 is 5.97 Å². The summed E-state index contributed by atoms with van der Waals surface area (Å²) in [7, 11) is 1.40. The molecule has 0 unspecified atom stereocenters. The van der Waals surface area contributed by atoms with Crippen molar-refractivity contribution in [2.24, 2.45) is 0 Å². The summed E-state index contributed by atoms with van der Waals surface area (Å²) in [6.45, 7) is 5.89. The van der Waals surface area contributed by atoms with Crippen molar-refractivity contribution in [1.82, 2.24) is 0 Å². The molecule has 0 radical (unpaired) electrons. The van der Waals surface area contributed by atoms with Crippen LogP contribution in [-0.2, 0) is 33.7 Å². The van der Waals surface area contributed by atoms with Crippen LogP contribution in [0.15, 0.2) is 54.6 Å². The Morgan fingerprint density at radius 1 is 1.05 bits per heavy atom. The van der Waals surface area contributed by atoms with Crippen LogP contribution in [0.1, 0.15) is 59.9 Å². The lowest BCUT2D eigenvalue weighted by Gasteiger charge is -2.18. The highest BCUT2D eigenvalue weighted by atomic mass is 16.5. The summed E-state index contributed by atoms with van der Waals surface area (Å²) in [4.78, 5) is 11.8. The molecule has 1 aliphatic heterocycles. The normalized spacial score (nSPS) is 16.6. The van der Waals surface area contributed by atoms with Gasteiger partial charge in [-0.15, -0.1) is 5.92 Å². The van der Waals surface area contributed by atoms with Crippen LogP contribution in [0.2, 0.25) is 0 Å². The van der Waals surface area contributed by atoms with E-state index < -0.39 is 0 Å². The fourth-order valence-electron chi connectivity index (χ4n) is 5.55. The van der Waals surface area contributed by atoms with E-state index in [1.54, 1.807) is 6.92 Å². The van der Waals surface area contributed by atoms with Crippen LogP contribution in [-0.4, -0.2) is 32.4 Å². The molecule has 1 saturated heterocycles. The number of methoxy groups -OCH3 is 1. The van der Waals surface area contributed by atoms with Crippen molar-refractivity contribution in [3.63, 3.8) is 0 Å². The van der Waals surface area contributed by atoms with E-state index in [-0.39, 0.29) is 24.4 Å². The number of rotatable bonds is 8. The summed E-state index contributed by atoms with van der Waals surface area (Å²) in [6, 6.07) is 19.0. The Morgan fingerprint density at radius 3 is 2.62 bits per heavy atom. The lowest BCUT2D eigenvalue weighted by atomic mass is 9.91.